The van der Waals surface area contributed by atoms with Gasteiger partial charge in [-0.05, 0) is 61.9 Å². The molecule has 37 heavy (non-hydrogen) atoms. The standard InChI is InChI=1S/C25H25F3N4O4S/c26-25(27,28)22-8-7-16(14-30-22)15-31-23(33)21-6-1-2-9-32(21)24(34)18-4-3-5-19(12-18)37(35,36)20-10-17(11-20)13-29/h3-5,7-8,12,14,17,20-21H,1-2,6,9-11,15H2,(H,31,33)/t17-,20-,21-/m1/s1. The molecule has 1 aromatic carbocycles. The van der Waals surface area contributed by atoms with E-state index >= 15 is 0 Å². The Bertz CT molecular complexity index is 1320. The Labute approximate surface area is 212 Å². The Kier molecular flexibility index (Phi) is 7.54. The van der Waals surface area contributed by atoms with E-state index < -0.39 is 44.8 Å². The minimum Gasteiger partial charge on any atom is -0.350 e. The number of hydrogen-bond acceptors (Lipinski definition) is 6. The second-order valence-electron chi connectivity index (χ2n) is 9.27. The summed E-state index contributed by atoms with van der Waals surface area (Å²) in [6.45, 7) is 0.253. The second-order valence-corrected chi connectivity index (χ2v) is 11.5. The van der Waals surface area contributed by atoms with Crippen molar-refractivity contribution in [1.82, 2.24) is 15.2 Å². The number of likely N-dealkylation sites (tertiary alicyclic amines) is 1. The average molecular weight is 535 g/mol. The van der Waals surface area contributed by atoms with Crippen LogP contribution in [0.25, 0.3) is 0 Å². The van der Waals surface area contributed by atoms with Gasteiger partial charge in [0.25, 0.3) is 5.91 Å². The lowest BCUT2D eigenvalue weighted by Crippen LogP contribution is -2.51. The van der Waals surface area contributed by atoms with Gasteiger partial charge in [0, 0.05) is 30.8 Å². The van der Waals surface area contributed by atoms with Gasteiger partial charge in [-0.3, -0.25) is 14.6 Å². The number of amides is 2. The van der Waals surface area contributed by atoms with E-state index in [0.29, 0.717) is 31.4 Å². The Balaban J connectivity index is 1.44. The summed E-state index contributed by atoms with van der Waals surface area (Å²) in [6.07, 6.45) is -1.20. The van der Waals surface area contributed by atoms with Crippen LogP contribution in [0.2, 0.25) is 0 Å². The molecule has 2 aliphatic rings. The Morgan fingerprint density at radius 1 is 1.16 bits per heavy atom. The van der Waals surface area contributed by atoms with Crippen LogP contribution in [0.3, 0.4) is 0 Å². The predicted molar refractivity (Wildman–Crippen MR) is 126 cm³/mol. The molecule has 2 heterocycles. The molecule has 2 amide bonds. The molecule has 196 valence electrons. The van der Waals surface area contributed by atoms with Crippen molar-refractivity contribution < 1.29 is 31.2 Å². The highest BCUT2D eigenvalue weighted by Crippen LogP contribution is 2.36. The molecule has 1 atom stereocenters. The van der Waals surface area contributed by atoms with E-state index in [9.17, 15) is 31.2 Å². The number of nitrogens with zero attached hydrogens (tertiary/aromatic N) is 3. The SMILES string of the molecule is N#C[C@H]1C[C@H](S(=O)(=O)c2cccc(C(=O)N3CCCC[C@@H]3C(=O)NCc3ccc(C(F)(F)F)nc3)c2)C1. The van der Waals surface area contributed by atoms with E-state index in [1.165, 1.54) is 35.2 Å². The average Bonchev–Trinajstić information content (AvgIpc) is 2.86. The highest BCUT2D eigenvalue weighted by molar-refractivity contribution is 7.92. The molecule has 2 fully saturated rings. The minimum absolute atomic E-state index is 0.00699. The van der Waals surface area contributed by atoms with Crippen LogP contribution in [0, 0.1) is 17.2 Å². The predicted octanol–water partition coefficient (Wildman–Crippen LogP) is 3.49. The van der Waals surface area contributed by atoms with Gasteiger partial charge >= 0.3 is 6.18 Å². The van der Waals surface area contributed by atoms with Crippen molar-refractivity contribution in [1.29, 1.82) is 5.26 Å². The van der Waals surface area contributed by atoms with Gasteiger partial charge in [-0.2, -0.15) is 18.4 Å². The molecule has 2 aromatic rings. The molecule has 1 aliphatic heterocycles. The summed E-state index contributed by atoms with van der Waals surface area (Å²) < 4.78 is 64.0. The van der Waals surface area contributed by atoms with Crippen LogP contribution in [0.15, 0.2) is 47.5 Å². The smallest absolute Gasteiger partial charge is 0.350 e. The van der Waals surface area contributed by atoms with Gasteiger partial charge in [-0.15, -0.1) is 0 Å². The number of carbonyl (C=O) groups excluding carboxylic acids is 2. The quantitative estimate of drug-likeness (QED) is 0.606. The number of carbonyl (C=O) groups is 2. The maximum absolute atomic E-state index is 13.3. The molecule has 1 N–H and O–H groups in total. The lowest BCUT2D eigenvalue weighted by Gasteiger charge is -2.35. The van der Waals surface area contributed by atoms with Crippen molar-refractivity contribution in [3.8, 4) is 6.07 Å². The fraction of sp³-hybridized carbons (Fsp3) is 0.440. The fourth-order valence-electron chi connectivity index (χ4n) is 4.54. The highest BCUT2D eigenvalue weighted by Gasteiger charge is 2.40. The maximum atomic E-state index is 13.3. The van der Waals surface area contributed by atoms with Crippen molar-refractivity contribution in [3.63, 3.8) is 0 Å². The van der Waals surface area contributed by atoms with E-state index in [1.807, 2.05) is 0 Å². The summed E-state index contributed by atoms with van der Waals surface area (Å²) in [6, 6.07) is 9.04. The van der Waals surface area contributed by atoms with Gasteiger partial charge in [-0.25, -0.2) is 8.42 Å². The summed E-state index contributed by atoms with van der Waals surface area (Å²) in [5.74, 6) is -1.21. The Morgan fingerprint density at radius 3 is 2.57 bits per heavy atom. The molecule has 1 aromatic heterocycles. The first-order valence-corrected chi connectivity index (χ1v) is 13.4. The van der Waals surface area contributed by atoms with E-state index in [-0.39, 0.29) is 35.8 Å². The summed E-state index contributed by atoms with van der Waals surface area (Å²) in [7, 11) is -3.69. The molecule has 4 rings (SSSR count). The first kappa shape index (κ1) is 26.6. The van der Waals surface area contributed by atoms with Crippen molar-refractivity contribution in [3.05, 3.63) is 59.4 Å². The number of aromatic nitrogens is 1. The van der Waals surface area contributed by atoms with Crippen LogP contribution < -0.4 is 5.32 Å². The van der Waals surface area contributed by atoms with Crippen molar-refractivity contribution in [2.45, 2.75) is 61.0 Å². The number of pyridine rings is 1. The Morgan fingerprint density at radius 2 is 1.92 bits per heavy atom. The molecule has 0 unspecified atom stereocenters. The zero-order valence-electron chi connectivity index (χ0n) is 19.7. The van der Waals surface area contributed by atoms with Crippen LogP contribution >= 0.6 is 0 Å². The lowest BCUT2D eigenvalue weighted by molar-refractivity contribution is -0.141. The van der Waals surface area contributed by atoms with Gasteiger partial charge in [0.1, 0.15) is 11.7 Å². The third-order valence-corrected chi connectivity index (χ3v) is 8.95. The number of piperidine rings is 1. The largest absolute Gasteiger partial charge is 0.433 e. The topological polar surface area (TPSA) is 120 Å². The van der Waals surface area contributed by atoms with Crippen LogP contribution in [0.4, 0.5) is 13.2 Å². The monoisotopic (exact) mass is 534 g/mol. The minimum atomic E-state index is -4.56. The number of hydrogen-bond donors (Lipinski definition) is 1. The zero-order valence-corrected chi connectivity index (χ0v) is 20.6. The summed E-state index contributed by atoms with van der Waals surface area (Å²) in [5, 5.41) is 10.9. The number of rotatable bonds is 6. The van der Waals surface area contributed by atoms with Crippen LogP contribution in [-0.4, -0.2) is 48.0 Å². The van der Waals surface area contributed by atoms with Gasteiger partial charge in [0.15, 0.2) is 9.84 Å². The van der Waals surface area contributed by atoms with Gasteiger partial charge in [0.05, 0.1) is 16.2 Å². The molecule has 8 nitrogen and oxygen atoms in total. The normalized spacial score (nSPS) is 22.0. The Hall–Kier alpha value is -3.46. The molecule has 1 aliphatic carbocycles. The van der Waals surface area contributed by atoms with Crippen LogP contribution in [-0.2, 0) is 27.4 Å². The number of halogens is 3. The van der Waals surface area contributed by atoms with E-state index in [0.717, 1.165) is 12.3 Å². The van der Waals surface area contributed by atoms with E-state index in [2.05, 4.69) is 16.4 Å². The molecule has 0 bridgehead atoms. The third kappa shape index (κ3) is 5.77. The third-order valence-electron chi connectivity index (χ3n) is 6.77. The highest BCUT2D eigenvalue weighted by atomic mass is 32.2. The molecule has 0 radical (unpaired) electrons. The van der Waals surface area contributed by atoms with Crippen molar-refractivity contribution >= 4 is 21.7 Å². The zero-order chi connectivity index (χ0) is 26.8. The second kappa shape index (κ2) is 10.5. The fourth-order valence-corrected chi connectivity index (χ4v) is 6.46. The molecular formula is C25H25F3N4O4S. The first-order valence-electron chi connectivity index (χ1n) is 11.8. The molecular weight excluding hydrogens is 509 g/mol. The van der Waals surface area contributed by atoms with Crippen molar-refractivity contribution in [2.24, 2.45) is 5.92 Å². The number of benzene rings is 1. The molecule has 1 saturated heterocycles. The summed E-state index contributed by atoms with van der Waals surface area (Å²) in [4.78, 5) is 31.1. The maximum Gasteiger partial charge on any atom is 0.433 e. The van der Waals surface area contributed by atoms with Gasteiger partial charge in [-0.1, -0.05) is 12.1 Å². The van der Waals surface area contributed by atoms with E-state index in [4.69, 9.17) is 5.26 Å². The van der Waals surface area contributed by atoms with Crippen molar-refractivity contribution in [2.75, 3.05) is 6.54 Å². The number of sulfone groups is 1. The van der Waals surface area contributed by atoms with Gasteiger partial charge < -0.3 is 10.2 Å². The first-order chi connectivity index (χ1) is 17.5. The number of nitriles is 1. The van der Waals surface area contributed by atoms with Crippen LogP contribution in [0.1, 0.15) is 53.7 Å². The number of alkyl halides is 3. The summed E-state index contributed by atoms with van der Waals surface area (Å²) in [5.41, 5.74) is -0.510. The van der Waals surface area contributed by atoms with E-state index in [1.54, 1.807) is 0 Å². The van der Waals surface area contributed by atoms with Crippen LogP contribution in [0.5, 0.6) is 0 Å². The summed E-state index contributed by atoms with van der Waals surface area (Å²) >= 11 is 0. The van der Waals surface area contributed by atoms with Gasteiger partial charge in [0.2, 0.25) is 5.91 Å². The molecule has 12 heteroatoms. The molecule has 1 saturated carbocycles. The molecule has 0 spiro atoms. The lowest BCUT2D eigenvalue weighted by atomic mass is 9.86. The number of nitrogens with one attached hydrogen (secondary N) is 1.